The Morgan fingerprint density at radius 2 is 2.25 bits per heavy atom. The molecule has 0 aromatic rings. The lowest BCUT2D eigenvalue weighted by Gasteiger charge is -2.13. The van der Waals surface area contributed by atoms with Gasteiger partial charge in [-0.25, -0.2) is 5.43 Å². The van der Waals surface area contributed by atoms with Crippen LogP contribution in [-0.4, -0.2) is 11.1 Å². The summed E-state index contributed by atoms with van der Waals surface area (Å²) in [5, 5.41) is 3.96. The van der Waals surface area contributed by atoms with Crippen LogP contribution in [0.1, 0.15) is 0 Å². The SMILES string of the molecule is NC1=NNC(=S)NN1. The predicted molar refractivity (Wildman–Crippen MR) is 33.6 cm³/mol. The summed E-state index contributed by atoms with van der Waals surface area (Å²) in [6.07, 6.45) is 0. The zero-order chi connectivity index (χ0) is 5.98. The number of rotatable bonds is 0. The van der Waals surface area contributed by atoms with Gasteiger partial charge in [-0.2, -0.15) is 0 Å². The van der Waals surface area contributed by atoms with Crippen molar-refractivity contribution in [3.8, 4) is 0 Å². The number of hydrogen-bond donors (Lipinski definition) is 4. The van der Waals surface area contributed by atoms with Crippen LogP contribution in [0.25, 0.3) is 0 Å². The van der Waals surface area contributed by atoms with E-state index in [2.05, 4.69) is 33.6 Å². The van der Waals surface area contributed by atoms with E-state index in [4.69, 9.17) is 5.73 Å². The third-order valence-electron chi connectivity index (χ3n) is 0.582. The van der Waals surface area contributed by atoms with Gasteiger partial charge in [0.25, 0.3) is 0 Å². The molecule has 0 saturated carbocycles. The summed E-state index contributed by atoms with van der Waals surface area (Å²) in [6, 6.07) is 0. The zero-order valence-electron chi connectivity index (χ0n) is 3.93. The van der Waals surface area contributed by atoms with Gasteiger partial charge in [0.15, 0.2) is 0 Å². The molecule has 0 amide bonds. The first kappa shape index (κ1) is 5.10. The minimum Gasteiger partial charge on any atom is -0.367 e. The molecule has 1 heterocycles. The van der Waals surface area contributed by atoms with Gasteiger partial charge in [-0.15, -0.1) is 5.10 Å². The Bertz CT molecular complexity index is 139. The number of nitrogens with two attached hydrogens (primary N) is 1. The Hall–Kier alpha value is -1.04. The monoisotopic (exact) mass is 131 g/mol. The first-order valence-corrected chi connectivity index (χ1v) is 2.35. The zero-order valence-corrected chi connectivity index (χ0v) is 4.75. The van der Waals surface area contributed by atoms with Crippen LogP contribution in [0.2, 0.25) is 0 Å². The van der Waals surface area contributed by atoms with E-state index in [1.54, 1.807) is 0 Å². The molecule has 0 fully saturated rings. The number of guanidine groups is 1. The summed E-state index contributed by atoms with van der Waals surface area (Å²) < 4.78 is 0. The van der Waals surface area contributed by atoms with Crippen LogP contribution in [0.5, 0.6) is 0 Å². The second-order valence-electron chi connectivity index (χ2n) is 1.19. The molecule has 8 heavy (non-hydrogen) atoms. The molecule has 6 heteroatoms. The van der Waals surface area contributed by atoms with E-state index in [0.29, 0.717) is 5.11 Å². The molecule has 0 aromatic heterocycles. The number of thiocarbonyl (C=S) groups is 1. The van der Waals surface area contributed by atoms with Gasteiger partial charge in [0, 0.05) is 0 Å². The van der Waals surface area contributed by atoms with E-state index in [9.17, 15) is 0 Å². The third-order valence-corrected chi connectivity index (χ3v) is 0.775. The van der Waals surface area contributed by atoms with E-state index in [0.717, 1.165) is 0 Å². The summed E-state index contributed by atoms with van der Waals surface area (Å²) in [6.45, 7) is 0. The first-order valence-electron chi connectivity index (χ1n) is 1.94. The molecule has 0 radical (unpaired) electrons. The van der Waals surface area contributed by atoms with Gasteiger partial charge in [-0.05, 0) is 12.2 Å². The Balaban J connectivity index is 2.55. The molecular formula is C2H5N5S. The maximum absolute atomic E-state index is 5.15. The van der Waals surface area contributed by atoms with Crippen molar-refractivity contribution in [2.24, 2.45) is 10.8 Å². The summed E-state index contributed by atoms with van der Waals surface area (Å²) >= 11 is 4.61. The van der Waals surface area contributed by atoms with Gasteiger partial charge >= 0.3 is 0 Å². The molecule has 44 valence electrons. The van der Waals surface area contributed by atoms with Crippen LogP contribution >= 0.6 is 12.2 Å². The Morgan fingerprint density at radius 3 is 2.62 bits per heavy atom. The molecule has 1 aliphatic rings. The molecule has 0 saturated heterocycles. The van der Waals surface area contributed by atoms with Crippen LogP contribution in [0.15, 0.2) is 5.10 Å². The second-order valence-corrected chi connectivity index (χ2v) is 1.60. The van der Waals surface area contributed by atoms with E-state index in [1.165, 1.54) is 0 Å². The van der Waals surface area contributed by atoms with Crippen molar-refractivity contribution in [2.75, 3.05) is 0 Å². The molecule has 5 N–H and O–H groups in total. The third kappa shape index (κ3) is 0.969. The van der Waals surface area contributed by atoms with Crippen molar-refractivity contribution in [3.05, 3.63) is 0 Å². The summed E-state index contributed by atoms with van der Waals surface area (Å²) in [5.74, 6) is 0.276. The van der Waals surface area contributed by atoms with Crippen LogP contribution < -0.4 is 22.0 Å². The normalized spacial score (nSPS) is 17.5. The number of nitrogens with one attached hydrogen (secondary N) is 3. The quantitative estimate of drug-likeness (QED) is 0.292. The molecule has 0 unspecified atom stereocenters. The topological polar surface area (TPSA) is 74.5 Å². The average molecular weight is 131 g/mol. The molecule has 1 rings (SSSR count). The lowest BCUT2D eigenvalue weighted by molar-refractivity contribution is 0.767. The largest absolute Gasteiger partial charge is 0.367 e. The Labute approximate surface area is 51.3 Å². The van der Waals surface area contributed by atoms with Gasteiger partial charge in [-0.1, -0.05) is 0 Å². The smallest absolute Gasteiger partial charge is 0.230 e. The highest BCUT2D eigenvalue weighted by molar-refractivity contribution is 7.80. The lowest BCUT2D eigenvalue weighted by atomic mass is 11.0. The Morgan fingerprint density at radius 1 is 1.50 bits per heavy atom. The fourth-order valence-electron chi connectivity index (χ4n) is 0.288. The van der Waals surface area contributed by atoms with Crippen LogP contribution in [0.3, 0.4) is 0 Å². The van der Waals surface area contributed by atoms with Crippen LogP contribution in [0.4, 0.5) is 0 Å². The summed E-state index contributed by atoms with van der Waals surface area (Å²) in [5.41, 5.74) is 12.7. The van der Waals surface area contributed by atoms with Gasteiger partial charge in [0.1, 0.15) is 0 Å². The van der Waals surface area contributed by atoms with E-state index >= 15 is 0 Å². The van der Waals surface area contributed by atoms with Crippen LogP contribution in [-0.2, 0) is 0 Å². The van der Waals surface area contributed by atoms with Gasteiger partial charge in [0.05, 0.1) is 0 Å². The van der Waals surface area contributed by atoms with Crippen molar-refractivity contribution >= 4 is 23.3 Å². The fourth-order valence-corrected chi connectivity index (χ4v) is 0.384. The summed E-state index contributed by atoms with van der Waals surface area (Å²) in [4.78, 5) is 0. The van der Waals surface area contributed by atoms with Crippen molar-refractivity contribution < 1.29 is 0 Å². The summed E-state index contributed by atoms with van der Waals surface area (Å²) in [7, 11) is 0. The van der Waals surface area contributed by atoms with Gasteiger partial charge in [0.2, 0.25) is 11.1 Å². The minimum atomic E-state index is 0.276. The highest BCUT2D eigenvalue weighted by Crippen LogP contribution is 1.68. The Kier molecular flexibility index (Phi) is 1.17. The van der Waals surface area contributed by atoms with Crippen molar-refractivity contribution in [3.63, 3.8) is 0 Å². The van der Waals surface area contributed by atoms with Crippen molar-refractivity contribution in [2.45, 2.75) is 0 Å². The number of hydrogen-bond acceptors (Lipinski definition) is 4. The van der Waals surface area contributed by atoms with E-state index in [1.807, 2.05) is 0 Å². The predicted octanol–water partition coefficient (Wildman–Crippen LogP) is -1.80. The van der Waals surface area contributed by atoms with E-state index in [-0.39, 0.29) is 5.96 Å². The van der Waals surface area contributed by atoms with E-state index < -0.39 is 0 Å². The number of nitrogens with zero attached hydrogens (tertiary/aromatic N) is 1. The number of hydrazine groups is 1. The molecule has 1 aliphatic heterocycles. The number of hydrazone groups is 1. The maximum atomic E-state index is 5.15. The van der Waals surface area contributed by atoms with Gasteiger partial charge in [-0.3, -0.25) is 10.9 Å². The van der Waals surface area contributed by atoms with Crippen molar-refractivity contribution in [1.82, 2.24) is 16.3 Å². The maximum Gasteiger partial charge on any atom is 0.230 e. The molecule has 5 nitrogen and oxygen atoms in total. The highest BCUT2D eigenvalue weighted by Gasteiger charge is 1.98. The molecule has 0 aliphatic carbocycles. The average Bonchev–Trinajstić information content (AvgIpc) is 1.77. The molecular weight excluding hydrogens is 126 g/mol. The molecule has 0 aromatic carbocycles. The molecule has 0 spiro atoms. The molecule has 0 bridgehead atoms. The molecule has 0 atom stereocenters. The lowest BCUT2D eigenvalue weighted by Crippen LogP contribution is -2.53. The second kappa shape index (κ2) is 1.83. The van der Waals surface area contributed by atoms with Crippen LogP contribution in [0, 0.1) is 0 Å². The van der Waals surface area contributed by atoms with Gasteiger partial charge < -0.3 is 5.73 Å². The first-order chi connectivity index (χ1) is 3.79. The van der Waals surface area contributed by atoms with Crippen molar-refractivity contribution in [1.29, 1.82) is 0 Å². The standard InChI is InChI=1S/C2H5N5S/c3-1-4-6-2(8)7-5-1/h(H3,3,4,5)(H2,6,7,8). The minimum absolute atomic E-state index is 0.276. The highest BCUT2D eigenvalue weighted by atomic mass is 32.1. The fraction of sp³-hybridized carbons (Fsp3) is 0.